The maximum absolute atomic E-state index is 4.28. The van der Waals surface area contributed by atoms with Crippen molar-refractivity contribution in [1.82, 2.24) is 9.97 Å². The molecule has 1 heterocycles. The highest BCUT2D eigenvalue weighted by atomic mass is 14.9. The van der Waals surface area contributed by atoms with Crippen molar-refractivity contribution in [3.05, 3.63) is 17.7 Å². The molecule has 0 atom stereocenters. The zero-order valence-electron chi connectivity index (χ0n) is 6.22. The molecular formula is C8H12N2. The van der Waals surface area contributed by atoms with Crippen LogP contribution in [-0.4, -0.2) is 9.97 Å². The van der Waals surface area contributed by atoms with Crippen LogP contribution in [0.25, 0.3) is 0 Å². The van der Waals surface area contributed by atoms with Crippen LogP contribution in [0, 0.1) is 6.92 Å². The van der Waals surface area contributed by atoms with Gasteiger partial charge in [0.15, 0.2) is 0 Å². The average molecular weight is 136 g/mol. The van der Waals surface area contributed by atoms with Gasteiger partial charge in [0.05, 0.1) is 0 Å². The summed E-state index contributed by atoms with van der Waals surface area (Å²) in [6, 6.07) is 0. The number of hydrogen-bond acceptors (Lipinski definition) is 1. The summed E-state index contributed by atoms with van der Waals surface area (Å²) in [5.74, 6) is 1.94. The number of aryl methyl sites for hydroxylation is 1. The van der Waals surface area contributed by atoms with Gasteiger partial charge in [0.25, 0.3) is 0 Å². The zero-order chi connectivity index (χ0) is 6.97. The molecule has 0 radical (unpaired) electrons. The standard InChI is InChI=1S/C8H12N2/c1-6-5-9-8(10-6)7-3-2-4-7/h5,7H,2-4H2,1H3,(H,9,10). The number of H-pyrrole nitrogens is 1. The fourth-order valence-corrected chi connectivity index (χ4v) is 1.32. The molecule has 0 bridgehead atoms. The van der Waals surface area contributed by atoms with Gasteiger partial charge in [0, 0.05) is 17.8 Å². The largest absolute Gasteiger partial charge is 0.346 e. The minimum Gasteiger partial charge on any atom is -0.346 e. The molecule has 2 nitrogen and oxygen atoms in total. The second-order valence-corrected chi connectivity index (χ2v) is 3.08. The Morgan fingerprint density at radius 3 is 2.80 bits per heavy atom. The highest BCUT2D eigenvalue weighted by Gasteiger charge is 2.21. The van der Waals surface area contributed by atoms with Gasteiger partial charge in [-0.2, -0.15) is 0 Å². The van der Waals surface area contributed by atoms with Crippen molar-refractivity contribution < 1.29 is 0 Å². The lowest BCUT2D eigenvalue weighted by molar-refractivity contribution is 0.403. The lowest BCUT2D eigenvalue weighted by Crippen LogP contribution is -2.10. The second kappa shape index (κ2) is 2.11. The van der Waals surface area contributed by atoms with E-state index < -0.39 is 0 Å². The van der Waals surface area contributed by atoms with E-state index in [2.05, 4.69) is 16.9 Å². The maximum atomic E-state index is 4.28. The van der Waals surface area contributed by atoms with Gasteiger partial charge in [-0.15, -0.1) is 0 Å². The zero-order valence-corrected chi connectivity index (χ0v) is 6.22. The molecule has 1 aromatic rings. The number of aromatic nitrogens is 2. The molecule has 2 heteroatoms. The van der Waals surface area contributed by atoms with Gasteiger partial charge >= 0.3 is 0 Å². The van der Waals surface area contributed by atoms with Crippen LogP contribution in [0.1, 0.15) is 36.7 Å². The Kier molecular flexibility index (Phi) is 1.26. The number of imidazole rings is 1. The van der Waals surface area contributed by atoms with Crippen LogP contribution >= 0.6 is 0 Å². The van der Waals surface area contributed by atoms with Crippen molar-refractivity contribution in [2.75, 3.05) is 0 Å². The van der Waals surface area contributed by atoms with Crippen LogP contribution in [0.15, 0.2) is 6.20 Å². The molecule has 0 spiro atoms. The highest BCUT2D eigenvalue weighted by Crippen LogP contribution is 2.34. The predicted molar refractivity (Wildman–Crippen MR) is 39.9 cm³/mol. The van der Waals surface area contributed by atoms with Crippen LogP contribution in [0.3, 0.4) is 0 Å². The number of nitrogens with zero attached hydrogens (tertiary/aromatic N) is 1. The Balaban J connectivity index is 2.17. The topological polar surface area (TPSA) is 28.7 Å². The Morgan fingerprint density at radius 1 is 1.60 bits per heavy atom. The molecular weight excluding hydrogens is 124 g/mol. The molecule has 2 rings (SSSR count). The summed E-state index contributed by atoms with van der Waals surface area (Å²) < 4.78 is 0. The van der Waals surface area contributed by atoms with E-state index in [0.29, 0.717) is 0 Å². The first-order chi connectivity index (χ1) is 4.86. The summed E-state index contributed by atoms with van der Waals surface area (Å²) in [5, 5.41) is 0. The average Bonchev–Trinajstić information content (AvgIpc) is 2.10. The van der Waals surface area contributed by atoms with E-state index in [1.54, 1.807) is 0 Å². The first-order valence-electron chi connectivity index (χ1n) is 3.88. The molecule has 10 heavy (non-hydrogen) atoms. The Morgan fingerprint density at radius 2 is 2.40 bits per heavy atom. The number of rotatable bonds is 1. The van der Waals surface area contributed by atoms with Gasteiger partial charge in [-0.25, -0.2) is 4.98 Å². The van der Waals surface area contributed by atoms with Gasteiger partial charge in [0.2, 0.25) is 0 Å². The van der Waals surface area contributed by atoms with Crippen molar-refractivity contribution in [2.45, 2.75) is 32.1 Å². The van der Waals surface area contributed by atoms with Crippen molar-refractivity contribution >= 4 is 0 Å². The lowest BCUT2D eigenvalue weighted by atomic mass is 9.85. The van der Waals surface area contributed by atoms with Crippen LogP contribution in [-0.2, 0) is 0 Å². The Bertz CT molecular complexity index is 223. The van der Waals surface area contributed by atoms with Crippen molar-refractivity contribution in [3.8, 4) is 0 Å². The van der Waals surface area contributed by atoms with E-state index in [1.807, 2.05) is 6.20 Å². The van der Waals surface area contributed by atoms with Gasteiger partial charge in [-0.1, -0.05) is 6.42 Å². The molecule has 1 fully saturated rings. The summed E-state index contributed by atoms with van der Waals surface area (Å²) in [4.78, 5) is 7.55. The summed E-state index contributed by atoms with van der Waals surface area (Å²) >= 11 is 0. The molecule has 1 aliphatic rings. The minimum absolute atomic E-state index is 0.744. The summed E-state index contributed by atoms with van der Waals surface area (Å²) in [6.45, 7) is 2.05. The van der Waals surface area contributed by atoms with E-state index in [4.69, 9.17) is 0 Å². The van der Waals surface area contributed by atoms with Crippen LogP contribution < -0.4 is 0 Å². The minimum atomic E-state index is 0.744. The van der Waals surface area contributed by atoms with Crippen molar-refractivity contribution in [2.24, 2.45) is 0 Å². The van der Waals surface area contributed by atoms with E-state index in [1.165, 1.54) is 30.8 Å². The molecule has 0 amide bonds. The summed E-state index contributed by atoms with van der Waals surface area (Å²) in [6.07, 6.45) is 5.94. The smallest absolute Gasteiger partial charge is 0.109 e. The molecule has 0 aromatic carbocycles. The third kappa shape index (κ3) is 0.838. The summed E-state index contributed by atoms with van der Waals surface area (Å²) in [7, 11) is 0. The van der Waals surface area contributed by atoms with E-state index in [0.717, 1.165) is 5.92 Å². The van der Waals surface area contributed by atoms with Crippen molar-refractivity contribution in [1.29, 1.82) is 0 Å². The quantitative estimate of drug-likeness (QED) is 0.628. The fraction of sp³-hybridized carbons (Fsp3) is 0.625. The maximum Gasteiger partial charge on any atom is 0.109 e. The third-order valence-corrected chi connectivity index (χ3v) is 2.21. The molecule has 1 saturated carbocycles. The second-order valence-electron chi connectivity index (χ2n) is 3.08. The first kappa shape index (κ1) is 5.96. The SMILES string of the molecule is Cc1cnc(C2CCC2)[nH]1. The van der Waals surface area contributed by atoms with Crippen LogP contribution in [0.5, 0.6) is 0 Å². The molecule has 1 N–H and O–H groups in total. The van der Waals surface area contributed by atoms with E-state index >= 15 is 0 Å². The third-order valence-electron chi connectivity index (χ3n) is 2.21. The van der Waals surface area contributed by atoms with Crippen LogP contribution in [0.4, 0.5) is 0 Å². The Labute approximate surface area is 60.7 Å². The fourth-order valence-electron chi connectivity index (χ4n) is 1.32. The first-order valence-corrected chi connectivity index (χ1v) is 3.88. The summed E-state index contributed by atoms with van der Waals surface area (Å²) in [5.41, 5.74) is 1.18. The Hall–Kier alpha value is -0.790. The van der Waals surface area contributed by atoms with Crippen LogP contribution in [0.2, 0.25) is 0 Å². The van der Waals surface area contributed by atoms with E-state index in [9.17, 15) is 0 Å². The van der Waals surface area contributed by atoms with E-state index in [-0.39, 0.29) is 0 Å². The van der Waals surface area contributed by atoms with Gasteiger partial charge in [-0.05, 0) is 19.8 Å². The number of hydrogen-bond donors (Lipinski definition) is 1. The molecule has 1 aromatic heterocycles. The highest BCUT2D eigenvalue weighted by molar-refractivity contribution is 5.06. The lowest BCUT2D eigenvalue weighted by Gasteiger charge is -2.22. The molecule has 1 aliphatic carbocycles. The monoisotopic (exact) mass is 136 g/mol. The number of nitrogens with one attached hydrogen (secondary N) is 1. The van der Waals surface area contributed by atoms with Gasteiger partial charge in [0.1, 0.15) is 5.82 Å². The predicted octanol–water partition coefficient (Wildman–Crippen LogP) is 1.99. The van der Waals surface area contributed by atoms with Crippen molar-refractivity contribution in [3.63, 3.8) is 0 Å². The molecule has 0 saturated heterocycles. The molecule has 0 aliphatic heterocycles. The van der Waals surface area contributed by atoms with Gasteiger partial charge in [-0.3, -0.25) is 0 Å². The number of aromatic amines is 1. The normalized spacial score (nSPS) is 18.9. The molecule has 0 unspecified atom stereocenters. The molecule has 54 valence electrons. The van der Waals surface area contributed by atoms with Gasteiger partial charge < -0.3 is 4.98 Å².